The molecule has 0 saturated heterocycles. The second-order valence-corrected chi connectivity index (χ2v) is 4.86. The Labute approximate surface area is 130 Å². The third-order valence-electron chi connectivity index (χ3n) is 3.30. The molecule has 3 rings (SSSR count). The van der Waals surface area contributed by atoms with Crippen molar-refractivity contribution in [2.24, 2.45) is 0 Å². The number of furan rings is 1. The van der Waals surface area contributed by atoms with Gasteiger partial charge in [0.25, 0.3) is 11.8 Å². The second kappa shape index (κ2) is 5.80. The predicted molar refractivity (Wildman–Crippen MR) is 76.7 cm³/mol. The van der Waals surface area contributed by atoms with Crippen LogP contribution >= 0.6 is 0 Å². The summed E-state index contributed by atoms with van der Waals surface area (Å²) in [6, 6.07) is 9.01. The summed E-state index contributed by atoms with van der Waals surface area (Å²) in [6.45, 7) is 0.0516. The molecule has 2 heterocycles. The zero-order chi connectivity index (χ0) is 16.4. The Morgan fingerprint density at radius 1 is 1.17 bits per heavy atom. The van der Waals surface area contributed by atoms with Crippen molar-refractivity contribution in [2.45, 2.75) is 6.54 Å². The van der Waals surface area contributed by atoms with E-state index in [4.69, 9.17) is 4.42 Å². The van der Waals surface area contributed by atoms with E-state index in [-0.39, 0.29) is 17.8 Å². The molecule has 2 aromatic rings. The van der Waals surface area contributed by atoms with Gasteiger partial charge >= 0.3 is 0 Å². The number of benzene rings is 1. The van der Waals surface area contributed by atoms with E-state index >= 15 is 0 Å². The molecule has 2 amide bonds. The number of carboxylic acid groups (broad SMARTS) is 1. The van der Waals surface area contributed by atoms with Crippen molar-refractivity contribution >= 4 is 23.5 Å². The molecule has 1 aromatic heterocycles. The number of carbonyl (C=O) groups is 3. The van der Waals surface area contributed by atoms with Gasteiger partial charge in [0.15, 0.2) is 0 Å². The van der Waals surface area contributed by atoms with Crippen molar-refractivity contribution in [3.63, 3.8) is 0 Å². The molecule has 23 heavy (non-hydrogen) atoms. The Bertz CT molecular complexity index is 790. The number of hydrogen-bond acceptors (Lipinski definition) is 6. The Kier molecular flexibility index (Phi) is 3.68. The van der Waals surface area contributed by atoms with Crippen LogP contribution in [0.3, 0.4) is 0 Å². The minimum Gasteiger partial charge on any atom is -0.545 e. The summed E-state index contributed by atoms with van der Waals surface area (Å²) >= 11 is 0. The largest absolute Gasteiger partial charge is 0.545 e. The molecule has 7 nitrogen and oxygen atoms in total. The zero-order valence-corrected chi connectivity index (χ0v) is 11.8. The number of anilines is 1. The number of rotatable bonds is 5. The number of nitrogens with one attached hydrogen (secondary N) is 1. The van der Waals surface area contributed by atoms with Crippen molar-refractivity contribution in [1.82, 2.24) is 4.90 Å². The Morgan fingerprint density at radius 3 is 2.52 bits per heavy atom. The van der Waals surface area contributed by atoms with Gasteiger partial charge in [0.2, 0.25) is 0 Å². The minimum atomic E-state index is -1.28. The summed E-state index contributed by atoms with van der Waals surface area (Å²) in [6.07, 6.45) is 2.66. The van der Waals surface area contributed by atoms with E-state index in [0.29, 0.717) is 11.4 Å². The Hall–Kier alpha value is -3.35. The van der Waals surface area contributed by atoms with Crippen molar-refractivity contribution in [1.29, 1.82) is 0 Å². The van der Waals surface area contributed by atoms with E-state index in [1.54, 1.807) is 12.1 Å². The fraction of sp³-hybridized carbons (Fsp3) is 0.0625. The molecule has 7 heteroatoms. The topological polar surface area (TPSA) is 103 Å². The molecular weight excluding hydrogens is 300 g/mol. The number of carboxylic acids is 1. The van der Waals surface area contributed by atoms with Crippen LogP contribution in [-0.2, 0) is 16.1 Å². The molecule has 0 radical (unpaired) electrons. The lowest BCUT2D eigenvalue weighted by Crippen LogP contribution is -2.31. The van der Waals surface area contributed by atoms with Crippen LogP contribution in [0.2, 0.25) is 0 Å². The third kappa shape index (κ3) is 2.98. The maximum absolute atomic E-state index is 12.3. The molecule has 0 atom stereocenters. The number of amides is 2. The Balaban J connectivity index is 1.71. The van der Waals surface area contributed by atoms with E-state index < -0.39 is 17.8 Å². The molecule has 0 aliphatic carbocycles. The molecule has 1 aromatic carbocycles. The maximum atomic E-state index is 12.3. The fourth-order valence-electron chi connectivity index (χ4n) is 2.15. The molecule has 0 saturated carbocycles. The van der Waals surface area contributed by atoms with Crippen LogP contribution in [0.15, 0.2) is 58.9 Å². The monoisotopic (exact) mass is 311 g/mol. The van der Waals surface area contributed by atoms with E-state index in [9.17, 15) is 19.5 Å². The molecule has 116 valence electrons. The Morgan fingerprint density at radius 2 is 1.91 bits per heavy atom. The van der Waals surface area contributed by atoms with Gasteiger partial charge in [-0.15, -0.1) is 0 Å². The van der Waals surface area contributed by atoms with E-state index in [0.717, 1.165) is 4.90 Å². The van der Waals surface area contributed by atoms with Crippen LogP contribution in [-0.4, -0.2) is 22.7 Å². The zero-order valence-electron chi connectivity index (χ0n) is 11.8. The molecule has 1 aliphatic heterocycles. The summed E-state index contributed by atoms with van der Waals surface area (Å²) in [7, 11) is 0. The van der Waals surface area contributed by atoms with Gasteiger partial charge in [0.05, 0.1) is 18.8 Å². The summed E-state index contributed by atoms with van der Waals surface area (Å²) in [4.78, 5) is 35.9. The fourth-order valence-corrected chi connectivity index (χ4v) is 2.15. The lowest BCUT2D eigenvalue weighted by atomic mass is 10.2. The highest BCUT2D eigenvalue weighted by molar-refractivity contribution is 6.17. The molecular formula is C16H11N2O5-. The third-order valence-corrected chi connectivity index (χ3v) is 3.30. The van der Waals surface area contributed by atoms with Gasteiger partial charge in [-0.25, -0.2) is 0 Å². The maximum Gasteiger partial charge on any atom is 0.277 e. The normalized spacial score (nSPS) is 14.1. The van der Waals surface area contributed by atoms with Crippen LogP contribution in [0, 0.1) is 0 Å². The lowest BCUT2D eigenvalue weighted by Gasteiger charge is -2.13. The van der Waals surface area contributed by atoms with Crippen molar-refractivity contribution < 1.29 is 23.9 Å². The van der Waals surface area contributed by atoms with Gasteiger partial charge in [-0.2, -0.15) is 0 Å². The summed E-state index contributed by atoms with van der Waals surface area (Å²) in [5.41, 5.74) is 0.628. The van der Waals surface area contributed by atoms with Crippen molar-refractivity contribution in [3.8, 4) is 0 Å². The molecule has 0 bridgehead atoms. The first-order valence-electron chi connectivity index (χ1n) is 6.73. The highest BCUT2D eigenvalue weighted by Gasteiger charge is 2.31. The quantitative estimate of drug-likeness (QED) is 0.807. The minimum absolute atomic E-state index is 0.0257. The average Bonchev–Trinajstić information content (AvgIpc) is 3.12. The van der Waals surface area contributed by atoms with E-state index in [1.165, 1.54) is 36.6 Å². The van der Waals surface area contributed by atoms with Gasteiger partial charge in [0, 0.05) is 11.8 Å². The first-order chi connectivity index (χ1) is 11.0. The molecule has 1 aliphatic rings. The highest BCUT2D eigenvalue weighted by atomic mass is 16.4. The van der Waals surface area contributed by atoms with Crippen LogP contribution in [0.1, 0.15) is 16.1 Å². The second-order valence-electron chi connectivity index (χ2n) is 4.86. The predicted octanol–water partition coefficient (Wildman–Crippen LogP) is 0.508. The number of imide groups is 1. The smallest absolute Gasteiger partial charge is 0.277 e. The van der Waals surface area contributed by atoms with Gasteiger partial charge in [0.1, 0.15) is 11.5 Å². The van der Waals surface area contributed by atoms with E-state index in [2.05, 4.69) is 5.32 Å². The van der Waals surface area contributed by atoms with E-state index in [1.807, 2.05) is 0 Å². The number of nitrogens with zero attached hydrogens (tertiary/aromatic N) is 1. The van der Waals surface area contributed by atoms with Crippen LogP contribution < -0.4 is 10.4 Å². The van der Waals surface area contributed by atoms with Gasteiger partial charge in [-0.05, 0) is 29.8 Å². The van der Waals surface area contributed by atoms with Crippen LogP contribution in [0.4, 0.5) is 5.69 Å². The van der Waals surface area contributed by atoms with Gasteiger partial charge in [-0.3, -0.25) is 14.5 Å². The molecule has 1 N–H and O–H groups in total. The SMILES string of the molecule is O=C([O-])c1ccc(NC2=CC(=O)N(Cc3ccco3)C2=O)cc1. The molecule has 0 spiro atoms. The first-order valence-corrected chi connectivity index (χ1v) is 6.73. The van der Waals surface area contributed by atoms with Gasteiger partial charge < -0.3 is 19.6 Å². The van der Waals surface area contributed by atoms with Crippen molar-refractivity contribution in [3.05, 3.63) is 65.8 Å². The number of carbonyl (C=O) groups excluding carboxylic acids is 3. The standard InChI is InChI=1S/C16H12N2O5/c19-14-8-13(15(20)18(14)9-12-2-1-7-23-12)17-11-5-3-10(4-6-11)16(21)22/h1-8,17H,9H2,(H,21,22)/p-1. The van der Waals surface area contributed by atoms with Gasteiger partial charge in [-0.1, -0.05) is 12.1 Å². The average molecular weight is 311 g/mol. The summed E-state index contributed by atoms with van der Waals surface area (Å²) in [5, 5.41) is 13.5. The number of hydrogen-bond donors (Lipinski definition) is 1. The highest BCUT2D eigenvalue weighted by Crippen LogP contribution is 2.19. The molecule has 0 fully saturated rings. The summed E-state index contributed by atoms with van der Waals surface area (Å²) in [5.74, 6) is -1.71. The first kappa shape index (κ1) is 14.6. The lowest BCUT2D eigenvalue weighted by molar-refractivity contribution is -0.255. The van der Waals surface area contributed by atoms with Crippen LogP contribution in [0.25, 0.3) is 0 Å². The molecule has 0 unspecified atom stereocenters. The summed E-state index contributed by atoms with van der Waals surface area (Å²) < 4.78 is 5.13. The van der Waals surface area contributed by atoms with Crippen LogP contribution in [0.5, 0.6) is 0 Å². The number of aromatic carboxylic acids is 1. The van der Waals surface area contributed by atoms with Crippen molar-refractivity contribution in [2.75, 3.05) is 5.32 Å².